The maximum absolute atomic E-state index is 12.8. The number of hydrogen-bond acceptors (Lipinski definition) is 2. The fraction of sp³-hybridized carbons (Fsp3) is 0.375. The number of thiazole rings is 1. The van der Waals surface area contributed by atoms with Crippen molar-refractivity contribution in [3.8, 4) is 0 Å². The van der Waals surface area contributed by atoms with E-state index in [9.17, 15) is 4.39 Å². The summed E-state index contributed by atoms with van der Waals surface area (Å²) in [6.07, 6.45) is 1.98. The highest BCUT2D eigenvalue weighted by molar-refractivity contribution is 9.11. The molecule has 0 aromatic carbocycles. The first-order valence-electron chi connectivity index (χ1n) is 3.62. The van der Waals surface area contributed by atoms with E-state index in [2.05, 4.69) is 20.9 Å². The van der Waals surface area contributed by atoms with Crippen LogP contribution in [-0.2, 0) is 0 Å². The first-order valence-corrected chi connectivity index (χ1v) is 5.23. The van der Waals surface area contributed by atoms with Crippen molar-refractivity contribution < 1.29 is 4.39 Å². The Hall–Kier alpha value is -0.220. The van der Waals surface area contributed by atoms with E-state index in [0.29, 0.717) is 6.42 Å². The quantitative estimate of drug-likeness (QED) is 0.774. The van der Waals surface area contributed by atoms with Gasteiger partial charge in [-0.1, -0.05) is 6.92 Å². The normalized spacial score (nSPS) is 12.2. The van der Waals surface area contributed by atoms with Crippen molar-refractivity contribution in [2.75, 3.05) is 0 Å². The highest BCUT2D eigenvalue weighted by Crippen LogP contribution is 2.25. The minimum Gasteiger partial charge on any atom is -0.234 e. The molecule has 1 heterocycles. The van der Waals surface area contributed by atoms with Crippen molar-refractivity contribution in [2.45, 2.75) is 20.3 Å². The van der Waals surface area contributed by atoms with Gasteiger partial charge in [0, 0.05) is 0 Å². The largest absolute Gasteiger partial charge is 0.234 e. The zero-order valence-corrected chi connectivity index (χ0v) is 9.30. The minimum atomic E-state index is -0.103. The Labute approximate surface area is 83.5 Å². The second kappa shape index (κ2) is 4.14. The van der Waals surface area contributed by atoms with Crippen LogP contribution in [0.25, 0.3) is 6.08 Å². The maximum Gasteiger partial charge on any atom is 0.159 e. The zero-order chi connectivity index (χ0) is 9.14. The van der Waals surface area contributed by atoms with Gasteiger partial charge in [-0.15, -0.1) is 11.3 Å². The molecule has 1 nitrogen and oxygen atoms in total. The third-order valence-electron chi connectivity index (χ3n) is 1.43. The molecule has 1 aromatic rings. The van der Waals surface area contributed by atoms with Crippen LogP contribution in [0, 0.1) is 6.92 Å². The molecule has 1 aromatic heterocycles. The summed E-state index contributed by atoms with van der Waals surface area (Å²) in [5.74, 6) is -0.103. The molecule has 0 aliphatic rings. The number of aryl methyl sites for hydroxylation is 1. The van der Waals surface area contributed by atoms with Gasteiger partial charge in [-0.25, -0.2) is 9.37 Å². The van der Waals surface area contributed by atoms with E-state index in [0.717, 1.165) is 14.5 Å². The van der Waals surface area contributed by atoms with Crippen molar-refractivity contribution in [1.29, 1.82) is 0 Å². The second-order valence-corrected chi connectivity index (χ2v) is 4.67. The molecule has 0 aliphatic heterocycles. The predicted molar refractivity (Wildman–Crippen MR) is 53.9 cm³/mol. The lowest BCUT2D eigenvalue weighted by molar-refractivity contribution is 0.612. The second-order valence-electron chi connectivity index (χ2n) is 2.36. The van der Waals surface area contributed by atoms with Gasteiger partial charge in [0.25, 0.3) is 0 Å². The molecule has 0 saturated heterocycles. The fourth-order valence-corrected chi connectivity index (χ4v) is 2.29. The van der Waals surface area contributed by atoms with Crippen molar-refractivity contribution in [2.24, 2.45) is 0 Å². The van der Waals surface area contributed by atoms with Crippen LogP contribution in [0.2, 0.25) is 0 Å². The van der Waals surface area contributed by atoms with E-state index in [1.165, 1.54) is 17.4 Å². The lowest BCUT2D eigenvalue weighted by atomic mass is 10.3. The van der Waals surface area contributed by atoms with Gasteiger partial charge in [0.2, 0.25) is 0 Å². The lowest BCUT2D eigenvalue weighted by Crippen LogP contribution is -1.74. The van der Waals surface area contributed by atoms with E-state index >= 15 is 0 Å². The van der Waals surface area contributed by atoms with E-state index < -0.39 is 0 Å². The zero-order valence-electron chi connectivity index (χ0n) is 6.90. The molecule has 0 amide bonds. The summed E-state index contributed by atoms with van der Waals surface area (Å²) in [6.45, 7) is 3.66. The van der Waals surface area contributed by atoms with Crippen LogP contribution < -0.4 is 0 Å². The summed E-state index contributed by atoms with van der Waals surface area (Å²) in [4.78, 5) is 5.01. The lowest BCUT2D eigenvalue weighted by Gasteiger charge is -1.89. The van der Waals surface area contributed by atoms with Crippen LogP contribution in [0.1, 0.15) is 23.9 Å². The first-order chi connectivity index (χ1) is 5.63. The molecular weight excluding hydrogens is 241 g/mol. The van der Waals surface area contributed by atoms with Gasteiger partial charge in [-0.2, -0.15) is 0 Å². The summed E-state index contributed by atoms with van der Waals surface area (Å²) >= 11 is 4.70. The van der Waals surface area contributed by atoms with Gasteiger partial charge >= 0.3 is 0 Å². The Morgan fingerprint density at radius 3 is 2.83 bits per heavy atom. The SMILES string of the molecule is CC/C(F)=C\c1sc(Br)nc1C. The fourth-order valence-electron chi connectivity index (χ4n) is 0.753. The smallest absolute Gasteiger partial charge is 0.159 e. The summed E-state index contributed by atoms with van der Waals surface area (Å²) < 4.78 is 13.6. The molecule has 0 aliphatic carbocycles. The van der Waals surface area contributed by atoms with E-state index in [4.69, 9.17) is 0 Å². The number of hydrogen-bond donors (Lipinski definition) is 0. The Bertz CT molecular complexity index is 306. The van der Waals surface area contributed by atoms with E-state index in [1.807, 2.05) is 6.92 Å². The van der Waals surface area contributed by atoms with Gasteiger partial charge in [-0.3, -0.25) is 0 Å². The van der Waals surface area contributed by atoms with Crippen molar-refractivity contribution >= 4 is 33.3 Å². The van der Waals surface area contributed by atoms with Gasteiger partial charge in [0.05, 0.1) is 10.6 Å². The number of nitrogens with zero attached hydrogens (tertiary/aromatic N) is 1. The van der Waals surface area contributed by atoms with Crippen molar-refractivity contribution in [3.05, 3.63) is 20.3 Å². The van der Waals surface area contributed by atoms with Crippen molar-refractivity contribution in [3.63, 3.8) is 0 Å². The van der Waals surface area contributed by atoms with Crippen LogP contribution in [0.4, 0.5) is 4.39 Å². The number of aromatic nitrogens is 1. The Kier molecular flexibility index (Phi) is 3.40. The highest BCUT2D eigenvalue weighted by Gasteiger charge is 2.03. The average molecular weight is 250 g/mol. The molecule has 0 spiro atoms. The minimum absolute atomic E-state index is 0.103. The molecule has 4 heteroatoms. The topological polar surface area (TPSA) is 12.9 Å². The number of allylic oxidation sites excluding steroid dienone is 1. The third kappa shape index (κ3) is 2.38. The van der Waals surface area contributed by atoms with Gasteiger partial charge in [0.15, 0.2) is 3.92 Å². The molecule has 12 heavy (non-hydrogen) atoms. The van der Waals surface area contributed by atoms with Crippen LogP contribution in [0.5, 0.6) is 0 Å². The molecule has 0 unspecified atom stereocenters. The monoisotopic (exact) mass is 249 g/mol. The molecular formula is C8H9BrFNS. The summed E-state index contributed by atoms with van der Waals surface area (Å²) in [5, 5.41) is 0. The maximum atomic E-state index is 12.8. The number of rotatable bonds is 2. The molecule has 0 atom stereocenters. The molecule has 0 radical (unpaired) electrons. The Morgan fingerprint density at radius 1 is 1.75 bits per heavy atom. The molecule has 0 N–H and O–H groups in total. The highest BCUT2D eigenvalue weighted by atomic mass is 79.9. The Morgan fingerprint density at radius 2 is 2.42 bits per heavy atom. The molecule has 0 bridgehead atoms. The van der Waals surface area contributed by atoms with Gasteiger partial charge in [0.1, 0.15) is 5.83 Å². The standard InChI is InChI=1S/C8H9BrFNS/c1-3-6(10)4-7-5(2)11-8(9)12-7/h4H,3H2,1-2H3/b6-4+. The van der Waals surface area contributed by atoms with Crippen LogP contribution >= 0.6 is 27.3 Å². The molecule has 1 rings (SSSR count). The van der Waals surface area contributed by atoms with Crippen molar-refractivity contribution in [1.82, 2.24) is 4.98 Å². The first kappa shape index (κ1) is 9.86. The molecule has 66 valence electrons. The van der Waals surface area contributed by atoms with Crippen LogP contribution in [-0.4, -0.2) is 4.98 Å². The molecule has 0 fully saturated rings. The molecule has 0 saturated carbocycles. The summed E-state index contributed by atoms with van der Waals surface area (Å²) in [6, 6.07) is 0. The predicted octanol–water partition coefficient (Wildman–Crippen LogP) is 3.93. The Balaban J connectivity index is 2.95. The van der Waals surface area contributed by atoms with E-state index in [-0.39, 0.29) is 5.83 Å². The van der Waals surface area contributed by atoms with Crippen LogP contribution in [0.3, 0.4) is 0 Å². The average Bonchev–Trinajstić information content (AvgIpc) is 2.30. The van der Waals surface area contributed by atoms with Crippen LogP contribution in [0.15, 0.2) is 9.74 Å². The van der Waals surface area contributed by atoms with Gasteiger partial charge in [-0.05, 0) is 35.4 Å². The summed E-state index contributed by atoms with van der Waals surface area (Å²) in [5.41, 5.74) is 0.871. The number of halogens is 2. The third-order valence-corrected chi connectivity index (χ3v) is 2.99. The van der Waals surface area contributed by atoms with Gasteiger partial charge < -0.3 is 0 Å². The summed E-state index contributed by atoms with van der Waals surface area (Å²) in [7, 11) is 0. The van der Waals surface area contributed by atoms with E-state index in [1.54, 1.807) is 6.92 Å².